The van der Waals surface area contributed by atoms with Gasteiger partial charge in [-0.15, -0.1) is 11.3 Å². The number of nitrogens with one attached hydrogen (secondary N) is 1. The van der Waals surface area contributed by atoms with Crippen LogP contribution in [0.1, 0.15) is 36.9 Å². The summed E-state index contributed by atoms with van der Waals surface area (Å²) in [5.41, 5.74) is -0.336. The maximum Gasteiger partial charge on any atom is 0.404 e. The third kappa shape index (κ3) is 3.99. The van der Waals surface area contributed by atoms with Gasteiger partial charge in [-0.25, -0.2) is 4.79 Å². The van der Waals surface area contributed by atoms with Crippen molar-refractivity contribution < 1.29 is 14.7 Å². The van der Waals surface area contributed by atoms with Gasteiger partial charge in [0.15, 0.2) is 5.78 Å². The highest BCUT2D eigenvalue weighted by Crippen LogP contribution is 2.28. The summed E-state index contributed by atoms with van der Waals surface area (Å²) in [6.45, 7) is 5.66. The Morgan fingerprint density at radius 2 is 2.11 bits per heavy atom. The van der Waals surface area contributed by atoms with Crippen molar-refractivity contribution in [2.24, 2.45) is 5.41 Å². The lowest BCUT2D eigenvalue weighted by Crippen LogP contribution is -2.44. The van der Waals surface area contributed by atoms with Gasteiger partial charge in [-0.1, -0.05) is 32.4 Å². The van der Waals surface area contributed by atoms with Crippen molar-refractivity contribution in [2.45, 2.75) is 33.2 Å². The van der Waals surface area contributed by atoms with Crippen LogP contribution in [0.15, 0.2) is 11.4 Å². The number of halogens is 1. The molecule has 6 heteroatoms. The maximum absolute atomic E-state index is 12.1. The molecule has 0 aliphatic heterocycles. The fraction of sp³-hybridized carbons (Fsp3) is 0.500. The molecule has 1 amide bonds. The number of carbonyl (C=O) groups is 2. The average Bonchev–Trinajstić information content (AvgIpc) is 2.61. The van der Waals surface area contributed by atoms with E-state index >= 15 is 0 Å². The molecule has 0 saturated carbocycles. The standard InChI is InChI=1S/C12H16ClNO3S/c1-12(2,3)9(14-11(16)17)6-8(15)10-7(13)4-5-18-10/h4-5,9,14H,6H2,1-3H3,(H,16,17)/t9-/m0/s1. The van der Waals surface area contributed by atoms with Gasteiger partial charge in [-0.2, -0.15) is 0 Å². The van der Waals surface area contributed by atoms with Gasteiger partial charge < -0.3 is 10.4 Å². The molecule has 0 aliphatic carbocycles. The Kier molecular flexibility index (Phi) is 4.76. The van der Waals surface area contributed by atoms with Crippen molar-refractivity contribution in [2.75, 3.05) is 0 Å². The van der Waals surface area contributed by atoms with Crippen LogP contribution in [0.25, 0.3) is 0 Å². The predicted octanol–water partition coefficient (Wildman–Crippen LogP) is 3.66. The van der Waals surface area contributed by atoms with E-state index < -0.39 is 12.1 Å². The van der Waals surface area contributed by atoms with Crippen molar-refractivity contribution in [1.29, 1.82) is 0 Å². The van der Waals surface area contributed by atoms with Gasteiger partial charge in [-0.3, -0.25) is 4.79 Å². The molecule has 1 aromatic heterocycles. The number of rotatable bonds is 4. The molecule has 0 aliphatic rings. The Bertz CT molecular complexity index is 450. The topological polar surface area (TPSA) is 66.4 Å². The van der Waals surface area contributed by atoms with E-state index in [9.17, 15) is 9.59 Å². The quantitative estimate of drug-likeness (QED) is 0.831. The molecule has 0 radical (unpaired) electrons. The smallest absolute Gasteiger partial charge is 0.404 e. The Balaban J connectivity index is 2.82. The summed E-state index contributed by atoms with van der Waals surface area (Å²) < 4.78 is 0. The third-order valence-electron chi connectivity index (χ3n) is 2.60. The van der Waals surface area contributed by atoms with Crippen LogP contribution < -0.4 is 5.32 Å². The largest absolute Gasteiger partial charge is 0.465 e. The predicted molar refractivity (Wildman–Crippen MR) is 72.7 cm³/mol. The van der Waals surface area contributed by atoms with Crippen LogP contribution in [-0.2, 0) is 0 Å². The normalized spacial score (nSPS) is 13.1. The number of ketones is 1. The molecule has 2 N–H and O–H groups in total. The van der Waals surface area contributed by atoms with E-state index in [4.69, 9.17) is 16.7 Å². The fourth-order valence-corrected chi connectivity index (χ4v) is 2.61. The van der Waals surface area contributed by atoms with Crippen molar-refractivity contribution in [3.63, 3.8) is 0 Å². The Hall–Kier alpha value is -1.07. The van der Waals surface area contributed by atoms with Crippen molar-refractivity contribution in [3.8, 4) is 0 Å². The molecule has 1 atom stereocenters. The first-order valence-electron chi connectivity index (χ1n) is 5.47. The first-order valence-corrected chi connectivity index (χ1v) is 6.73. The second-order valence-electron chi connectivity index (χ2n) is 5.09. The highest BCUT2D eigenvalue weighted by Gasteiger charge is 2.29. The van der Waals surface area contributed by atoms with Crippen LogP contribution in [0.5, 0.6) is 0 Å². The molecule has 4 nitrogen and oxygen atoms in total. The molecular formula is C12H16ClNO3S. The number of carbonyl (C=O) groups excluding carboxylic acids is 1. The van der Waals surface area contributed by atoms with E-state index in [-0.39, 0.29) is 17.6 Å². The molecular weight excluding hydrogens is 274 g/mol. The molecule has 0 fully saturated rings. The number of Topliss-reactive ketones (excluding diaryl/α,β-unsaturated/α-hetero) is 1. The zero-order valence-corrected chi connectivity index (χ0v) is 12.1. The lowest BCUT2D eigenvalue weighted by Gasteiger charge is -2.29. The summed E-state index contributed by atoms with van der Waals surface area (Å²) in [6, 6.07) is 1.22. The van der Waals surface area contributed by atoms with E-state index in [0.29, 0.717) is 9.90 Å². The Morgan fingerprint density at radius 3 is 2.50 bits per heavy atom. The summed E-state index contributed by atoms with van der Waals surface area (Å²) in [5, 5.41) is 13.4. The van der Waals surface area contributed by atoms with Crippen LogP contribution in [-0.4, -0.2) is 23.0 Å². The zero-order valence-electron chi connectivity index (χ0n) is 10.5. The number of carboxylic acid groups (broad SMARTS) is 1. The second-order valence-corrected chi connectivity index (χ2v) is 6.42. The minimum absolute atomic E-state index is 0.107. The van der Waals surface area contributed by atoms with Crippen LogP contribution >= 0.6 is 22.9 Å². The monoisotopic (exact) mass is 289 g/mol. The van der Waals surface area contributed by atoms with Gasteiger partial charge >= 0.3 is 6.09 Å². The Labute approximate surface area is 115 Å². The highest BCUT2D eigenvalue weighted by molar-refractivity contribution is 7.12. The highest BCUT2D eigenvalue weighted by atomic mass is 35.5. The van der Waals surface area contributed by atoms with Crippen LogP contribution in [0, 0.1) is 5.41 Å². The van der Waals surface area contributed by atoms with Gasteiger partial charge in [0.05, 0.1) is 9.90 Å². The third-order valence-corrected chi connectivity index (χ3v) is 3.99. The summed E-state index contributed by atoms with van der Waals surface area (Å²) in [7, 11) is 0. The molecule has 0 bridgehead atoms. The second kappa shape index (κ2) is 5.71. The first-order chi connectivity index (χ1) is 8.21. The van der Waals surface area contributed by atoms with E-state index in [1.165, 1.54) is 11.3 Å². The van der Waals surface area contributed by atoms with Crippen LogP contribution in [0.2, 0.25) is 5.02 Å². The van der Waals surface area contributed by atoms with Crippen molar-refractivity contribution in [1.82, 2.24) is 5.32 Å². The zero-order chi connectivity index (χ0) is 13.9. The number of thiophene rings is 1. The van der Waals surface area contributed by atoms with Gasteiger partial charge in [0, 0.05) is 12.5 Å². The molecule has 0 unspecified atom stereocenters. The minimum Gasteiger partial charge on any atom is -0.465 e. The lowest BCUT2D eigenvalue weighted by molar-refractivity contribution is 0.0942. The van der Waals surface area contributed by atoms with E-state index in [1.807, 2.05) is 20.8 Å². The summed E-state index contributed by atoms with van der Waals surface area (Å²) in [4.78, 5) is 23.3. The lowest BCUT2D eigenvalue weighted by atomic mass is 9.83. The minimum atomic E-state index is -1.12. The first kappa shape index (κ1) is 15.0. The van der Waals surface area contributed by atoms with E-state index in [2.05, 4.69) is 5.32 Å². The molecule has 0 saturated heterocycles. The average molecular weight is 290 g/mol. The molecule has 0 spiro atoms. The van der Waals surface area contributed by atoms with Gasteiger partial charge in [0.2, 0.25) is 0 Å². The van der Waals surface area contributed by atoms with Crippen LogP contribution in [0.4, 0.5) is 4.79 Å². The number of amides is 1. The summed E-state index contributed by atoms with van der Waals surface area (Å²) >= 11 is 7.16. The van der Waals surface area contributed by atoms with Crippen LogP contribution in [0.3, 0.4) is 0 Å². The van der Waals surface area contributed by atoms with E-state index in [0.717, 1.165) is 0 Å². The number of hydrogen-bond acceptors (Lipinski definition) is 3. The molecule has 18 heavy (non-hydrogen) atoms. The van der Waals surface area contributed by atoms with Gasteiger partial charge in [-0.05, 0) is 16.9 Å². The van der Waals surface area contributed by atoms with Gasteiger partial charge in [0.1, 0.15) is 0 Å². The molecule has 1 rings (SSSR count). The van der Waals surface area contributed by atoms with Crippen molar-refractivity contribution in [3.05, 3.63) is 21.3 Å². The summed E-state index contributed by atoms with van der Waals surface area (Å²) in [5.74, 6) is -0.135. The molecule has 0 aromatic carbocycles. The van der Waals surface area contributed by atoms with E-state index in [1.54, 1.807) is 11.4 Å². The Morgan fingerprint density at radius 1 is 1.50 bits per heavy atom. The van der Waals surface area contributed by atoms with Crippen molar-refractivity contribution >= 4 is 34.8 Å². The maximum atomic E-state index is 12.1. The number of hydrogen-bond donors (Lipinski definition) is 2. The van der Waals surface area contributed by atoms with Gasteiger partial charge in [0.25, 0.3) is 0 Å². The fourth-order valence-electron chi connectivity index (χ4n) is 1.49. The SMILES string of the molecule is CC(C)(C)[C@H](CC(=O)c1sccc1Cl)NC(=O)O. The molecule has 100 valence electrons. The molecule has 1 aromatic rings. The summed E-state index contributed by atoms with van der Waals surface area (Å²) in [6.07, 6.45) is -1.02. The molecule has 1 heterocycles.